The topological polar surface area (TPSA) is 96.1 Å². The molecule has 3 aliphatic heterocycles. The Morgan fingerprint density at radius 3 is 2.28 bits per heavy atom. The van der Waals surface area contributed by atoms with E-state index < -0.39 is 11.7 Å². The molecular formula is C30H38N4O2. The number of fused-ring (bicyclic) bond motifs is 7. The first-order valence-electron chi connectivity index (χ1n) is 13.1. The van der Waals surface area contributed by atoms with E-state index in [4.69, 9.17) is 0 Å². The van der Waals surface area contributed by atoms with Crippen LogP contribution in [0.4, 0.5) is 0 Å². The molecule has 1 fully saturated rings. The fourth-order valence-electron chi connectivity index (χ4n) is 6.54. The second kappa shape index (κ2) is 7.53. The Hall–Kier alpha value is -2.96. The number of H-pyrrole nitrogens is 2. The highest BCUT2D eigenvalue weighted by molar-refractivity contribution is 5.78. The first-order valence-corrected chi connectivity index (χ1v) is 13.1. The fourth-order valence-corrected chi connectivity index (χ4v) is 6.54. The normalized spacial score (nSPS) is 34.5. The zero-order valence-electron chi connectivity index (χ0n) is 22.6. The number of aromatic amines is 2. The third-order valence-electron chi connectivity index (χ3n) is 9.74. The number of nitrogens with one attached hydrogen (secondary N) is 4. The summed E-state index contributed by atoms with van der Waals surface area (Å²) in [5, 5.41) is 30.1. The van der Waals surface area contributed by atoms with Gasteiger partial charge in [0.2, 0.25) is 0 Å². The van der Waals surface area contributed by atoms with Crippen molar-refractivity contribution in [3.05, 3.63) is 79.5 Å². The van der Waals surface area contributed by atoms with E-state index in [1.54, 1.807) is 0 Å². The number of rotatable bonds is 0. The number of hydrogen-bond donors (Lipinski definition) is 6. The second-order valence-electron chi connectivity index (χ2n) is 11.6. The number of allylic oxidation sites excluding steroid dienone is 3. The van der Waals surface area contributed by atoms with Crippen LogP contribution in [0.1, 0.15) is 85.8 Å². The maximum absolute atomic E-state index is 11.5. The molecule has 2 aromatic heterocycles. The van der Waals surface area contributed by atoms with E-state index in [0.717, 1.165) is 63.0 Å². The van der Waals surface area contributed by atoms with Gasteiger partial charge in [0.1, 0.15) is 5.60 Å². The largest absolute Gasteiger partial charge is 0.388 e. The lowest BCUT2D eigenvalue weighted by Gasteiger charge is -2.20. The molecule has 0 aromatic carbocycles. The number of aliphatic hydroxyl groups excluding tert-OH is 1. The highest BCUT2D eigenvalue weighted by atomic mass is 16.3. The lowest BCUT2D eigenvalue weighted by atomic mass is 9.89. The molecule has 0 spiro atoms. The molecule has 5 atom stereocenters. The van der Waals surface area contributed by atoms with Crippen LogP contribution in [-0.2, 0) is 6.42 Å². The monoisotopic (exact) mass is 486 g/mol. The van der Waals surface area contributed by atoms with Crippen molar-refractivity contribution >= 4 is 11.6 Å². The SMILES string of the molecule is CC1=C2/C=C3\N/C(=C4\c5[nH]c(c(C)c5[C@H](O)[C@@H]4C)Cc4[nH]c(c(C)c4C)C=C(N2)[C@@]1(C)O)[C@@H](C)[C@@H]3C. The van der Waals surface area contributed by atoms with Crippen LogP contribution in [0.2, 0.25) is 0 Å². The molecular weight excluding hydrogens is 448 g/mol. The van der Waals surface area contributed by atoms with Gasteiger partial charge >= 0.3 is 0 Å². The maximum Gasteiger partial charge on any atom is 0.125 e. The average molecular weight is 487 g/mol. The summed E-state index contributed by atoms with van der Waals surface area (Å²) in [6, 6.07) is 0. The molecule has 0 radical (unpaired) electrons. The van der Waals surface area contributed by atoms with E-state index in [9.17, 15) is 10.2 Å². The van der Waals surface area contributed by atoms with Gasteiger partial charge in [0.15, 0.2) is 0 Å². The van der Waals surface area contributed by atoms with Gasteiger partial charge in [-0.3, -0.25) is 0 Å². The summed E-state index contributed by atoms with van der Waals surface area (Å²) in [6.45, 7) is 16.9. The molecule has 6 N–H and O–H groups in total. The van der Waals surface area contributed by atoms with Gasteiger partial charge in [-0.1, -0.05) is 20.8 Å². The van der Waals surface area contributed by atoms with E-state index >= 15 is 0 Å². The maximum atomic E-state index is 11.5. The summed E-state index contributed by atoms with van der Waals surface area (Å²) in [4.78, 5) is 7.38. The molecule has 8 bridgehead atoms. The third kappa shape index (κ3) is 2.97. The molecule has 6 rings (SSSR count). The lowest BCUT2D eigenvalue weighted by molar-refractivity contribution is 0.141. The van der Waals surface area contributed by atoms with E-state index in [1.807, 2.05) is 13.8 Å². The number of aliphatic hydroxyl groups is 2. The summed E-state index contributed by atoms with van der Waals surface area (Å²) in [5.74, 6) is 0.571. The Kier molecular flexibility index (Phi) is 4.90. The van der Waals surface area contributed by atoms with E-state index in [0.29, 0.717) is 0 Å². The van der Waals surface area contributed by atoms with Crippen molar-refractivity contribution in [2.24, 2.45) is 17.8 Å². The standard InChI is InChI=1S/C30H38N4O2/c1-12-13(2)22-11-24-30(8,36)18(7)23(32-24)10-20-14(3)15(4)27(33-20)25-17(6)29(35)26-16(5)21(34-28(25)26)9-19(12)31-22/h10-11,14-15,17,29,31-36H,9H2,1-8H3/b20-10-,24-11?,27-25-/t14-,15-,17+,29+,30-/m0/s1. The summed E-state index contributed by atoms with van der Waals surface area (Å²) in [5.41, 5.74) is 14.0. The summed E-state index contributed by atoms with van der Waals surface area (Å²) in [6.07, 6.45) is 4.42. The number of aromatic nitrogens is 2. The van der Waals surface area contributed by atoms with Gasteiger partial charge in [0.25, 0.3) is 0 Å². The van der Waals surface area contributed by atoms with Crippen molar-refractivity contribution < 1.29 is 10.2 Å². The summed E-state index contributed by atoms with van der Waals surface area (Å²) >= 11 is 0. The molecule has 1 saturated heterocycles. The van der Waals surface area contributed by atoms with E-state index in [-0.39, 0.29) is 17.8 Å². The molecule has 190 valence electrons. The molecule has 1 aliphatic carbocycles. The highest BCUT2D eigenvalue weighted by Gasteiger charge is 2.43. The molecule has 4 aliphatic rings. The molecule has 0 saturated carbocycles. The first-order chi connectivity index (χ1) is 16.9. The molecule has 36 heavy (non-hydrogen) atoms. The van der Waals surface area contributed by atoms with Crippen LogP contribution in [0.25, 0.3) is 11.6 Å². The predicted molar refractivity (Wildman–Crippen MR) is 144 cm³/mol. The lowest BCUT2D eigenvalue weighted by Crippen LogP contribution is -2.27. The van der Waals surface area contributed by atoms with Gasteiger partial charge in [-0.15, -0.1) is 0 Å². The van der Waals surface area contributed by atoms with Crippen molar-refractivity contribution in [3.63, 3.8) is 0 Å². The summed E-state index contributed by atoms with van der Waals surface area (Å²) < 4.78 is 0. The van der Waals surface area contributed by atoms with Crippen LogP contribution in [0.15, 0.2) is 34.4 Å². The van der Waals surface area contributed by atoms with Crippen LogP contribution in [0.3, 0.4) is 0 Å². The van der Waals surface area contributed by atoms with Crippen LogP contribution < -0.4 is 10.6 Å². The van der Waals surface area contributed by atoms with Gasteiger partial charge in [-0.05, 0) is 69.0 Å². The molecule has 6 heteroatoms. The van der Waals surface area contributed by atoms with Crippen LogP contribution >= 0.6 is 0 Å². The molecule has 0 amide bonds. The first kappa shape index (κ1) is 23.4. The third-order valence-corrected chi connectivity index (χ3v) is 9.74. The van der Waals surface area contributed by atoms with Crippen molar-refractivity contribution in [1.29, 1.82) is 0 Å². The predicted octanol–water partition coefficient (Wildman–Crippen LogP) is 5.00. The minimum Gasteiger partial charge on any atom is -0.388 e. The minimum absolute atomic E-state index is 0.0104. The Labute approximate surface area is 213 Å². The van der Waals surface area contributed by atoms with Gasteiger partial charge in [0, 0.05) is 75.2 Å². The van der Waals surface area contributed by atoms with Crippen molar-refractivity contribution in [2.45, 2.75) is 73.5 Å². The van der Waals surface area contributed by atoms with Crippen LogP contribution in [0, 0.1) is 38.5 Å². The van der Waals surface area contributed by atoms with Gasteiger partial charge in [-0.2, -0.15) is 0 Å². The van der Waals surface area contributed by atoms with Gasteiger partial charge in [-0.25, -0.2) is 0 Å². The van der Waals surface area contributed by atoms with Crippen molar-refractivity contribution in [1.82, 2.24) is 20.6 Å². The van der Waals surface area contributed by atoms with Crippen LogP contribution in [0.5, 0.6) is 0 Å². The molecule has 5 heterocycles. The Morgan fingerprint density at radius 1 is 0.861 bits per heavy atom. The van der Waals surface area contributed by atoms with E-state index in [1.165, 1.54) is 22.4 Å². The molecule has 6 nitrogen and oxygen atoms in total. The Balaban J connectivity index is 1.63. The van der Waals surface area contributed by atoms with Crippen molar-refractivity contribution in [3.8, 4) is 0 Å². The quantitative estimate of drug-likeness (QED) is 0.316. The minimum atomic E-state index is -1.08. The zero-order chi connectivity index (χ0) is 25.8. The zero-order valence-corrected chi connectivity index (χ0v) is 22.6. The highest BCUT2D eigenvalue weighted by Crippen LogP contribution is 2.51. The smallest absolute Gasteiger partial charge is 0.125 e. The molecule has 0 unspecified atom stereocenters. The Morgan fingerprint density at radius 2 is 1.56 bits per heavy atom. The Bertz CT molecular complexity index is 1440. The average Bonchev–Trinajstić information content (AvgIpc) is 3.51. The van der Waals surface area contributed by atoms with E-state index in [2.05, 4.69) is 74.3 Å². The van der Waals surface area contributed by atoms with Gasteiger partial charge < -0.3 is 30.8 Å². The fraction of sp³-hybridized carbons (Fsp3) is 0.467. The van der Waals surface area contributed by atoms with Gasteiger partial charge in [0.05, 0.1) is 11.8 Å². The summed E-state index contributed by atoms with van der Waals surface area (Å²) in [7, 11) is 0. The molecule has 2 aromatic rings. The van der Waals surface area contributed by atoms with Crippen LogP contribution in [-0.4, -0.2) is 25.8 Å². The number of hydrogen-bond acceptors (Lipinski definition) is 4. The van der Waals surface area contributed by atoms with Crippen molar-refractivity contribution in [2.75, 3.05) is 0 Å². The second-order valence-corrected chi connectivity index (χ2v) is 11.6.